The zero-order valence-electron chi connectivity index (χ0n) is 13.3. The normalized spacial score (nSPS) is 17.0. The molecule has 1 saturated heterocycles. The predicted molar refractivity (Wildman–Crippen MR) is 96.9 cm³/mol. The predicted octanol–water partition coefficient (Wildman–Crippen LogP) is 2.70. The van der Waals surface area contributed by atoms with Crippen molar-refractivity contribution in [3.63, 3.8) is 0 Å². The molecule has 3 heterocycles. The Balaban J connectivity index is 1.47. The lowest BCUT2D eigenvalue weighted by molar-refractivity contribution is -0.115. The van der Waals surface area contributed by atoms with E-state index >= 15 is 0 Å². The van der Waals surface area contributed by atoms with Gasteiger partial charge in [-0.15, -0.1) is 11.3 Å². The molecule has 0 amide bonds. The van der Waals surface area contributed by atoms with Gasteiger partial charge >= 0.3 is 0 Å². The van der Waals surface area contributed by atoms with E-state index in [1.54, 1.807) is 17.5 Å². The summed E-state index contributed by atoms with van der Waals surface area (Å²) in [6.45, 7) is 4.30. The van der Waals surface area contributed by atoms with Crippen LogP contribution in [-0.4, -0.2) is 55.0 Å². The Morgan fingerprint density at radius 3 is 2.75 bits per heavy atom. The lowest BCUT2D eigenvalue weighted by Crippen LogP contribution is -2.52. The van der Waals surface area contributed by atoms with Crippen LogP contribution in [0.2, 0.25) is 5.02 Å². The van der Waals surface area contributed by atoms with Crippen molar-refractivity contribution in [2.24, 2.45) is 0 Å². The zero-order chi connectivity index (χ0) is 16.8. The number of hydrogen-bond acceptors (Lipinski definition) is 6. The molecule has 2 aromatic heterocycles. The highest BCUT2D eigenvalue weighted by Gasteiger charge is 2.24. The van der Waals surface area contributed by atoms with Gasteiger partial charge in [-0.05, 0) is 23.6 Å². The SMILES string of the molecule is O=CC(COCc1cccs1)N1CCN(c2ccc(Cl)cn2)CC1. The number of hydrogen-bond donors (Lipinski definition) is 0. The van der Waals surface area contributed by atoms with Crippen molar-refractivity contribution in [1.82, 2.24) is 9.88 Å². The smallest absolute Gasteiger partial charge is 0.139 e. The highest BCUT2D eigenvalue weighted by atomic mass is 35.5. The zero-order valence-corrected chi connectivity index (χ0v) is 14.9. The van der Waals surface area contributed by atoms with Gasteiger partial charge in [0.2, 0.25) is 0 Å². The van der Waals surface area contributed by atoms with Crippen LogP contribution in [0.25, 0.3) is 0 Å². The van der Waals surface area contributed by atoms with Crippen LogP contribution in [0.1, 0.15) is 4.88 Å². The van der Waals surface area contributed by atoms with Crippen molar-refractivity contribution in [2.45, 2.75) is 12.6 Å². The fourth-order valence-corrected chi connectivity index (χ4v) is 3.50. The molecular weight excluding hydrogens is 346 g/mol. The fraction of sp³-hybridized carbons (Fsp3) is 0.412. The molecule has 128 valence electrons. The molecule has 1 unspecified atom stereocenters. The number of carbonyl (C=O) groups is 1. The molecule has 0 spiro atoms. The molecule has 24 heavy (non-hydrogen) atoms. The topological polar surface area (TPSA) is 45.7 Å². The molecule has 0 aliphatic carbocycles. The third-order valence-corrected chi connectivity index (χ3v) is 5.16. The van der Waals surface area contributed by atoms with Crippen LogP contribution in [0.3, 0.4) is 0 Å². The summed E-state index contributed by atoms with van der Waals surface area (Å²) in [5.41, 5.74) is 0. The monoisotopic (exact) mass is 365 g/mol. The van der Waals surface area contributed by atoms with E-state index in [4.69, 9.17) is 16.3 Å². The molecule has 0 radical (unpaired) electrons. The first-order valence-corrected chi connectivity index (χ1v) is 9.18. The molecule has 0 bridgehead atoms. The van der Waals surface area contributed by atoms with Gasteiger partial charge in [0.1, 0.15) is 12.1 Å². The molecule has 7 heteroatoms. The molecule has 5 nitrogen and oxygen atoms in total. The number of carbonyl (C=O) groups excluding carboxylic acids is 1. The first-order valence-electron chi connectivity index (χ1n) is 7.92. The maximum Gasteiger partial charge on any atom is 0.139 e. The Labute approximate surface area is 150 Å². The number of anilines is 1. The number of pyridine rings is 1. The second-order valence-electron chi connectivity index (χ2n) is 5.66. The minimum absolute atomic E-state index is 0.190. The summed E-state index contributed by atoms with van der Waals surface area (Å²) in [5, 5.41) is 2.67. The second kappa shape index (κ2) is 8.58. The van der Waals surface area contributed by atoms with E-state index in [-0.39, 0.29) is 6.04 Å². The Morgan fingerprint density at radius 1 is 1.29 bits per heavy atom. The lowest BCUT2D eigenvalue weighted by atomic mass is 10.2. The molecule has 0 N–H and O–H groups in total. The molecule has 2 aromatic rings. The minimum atomic E-state index is -0.190. The van der Waals surface area contributed by atoms with Gasteiger partial charge in [0.05, 0.1) is 24.3 Å². The van der Waals surface area contributed by atoms with Crippen molar-refractivity contribution in [1.29, 1.82) is 0 Å². The molecule has 1 aliphatic heterocycles. The maximum atomic E-state index is 11.4. The summed E-state index contributed by atoms with van der Waals surface area (Å²) in [5.74, 6) is 0.927. The Bertz CT molecular complexity index is 628. The van der Waals surface area contributed by atoms with E-state index in [0.717, 1.165) is 38.3 Å². The van der Waals surface area contributed by atoms with Crippen LogP contribution in [0.5, 0.6) is 0 Å². The van der Waals surface area contributed by atoms with Crippen molar-refractivity contribution in [3.05, 3.63) is 45.7 Å². The Hall–Kier alpha value is -1.47. The third-order valence-electron chi connectivity index (χ3n) is 4.09. The largest absolute Gasteiger partial charge is 0.374 e. The first kappa shape index (κ1) is 17.4. The molecule has 1 atom stereocenters. The molecule has 3 rings (SSSR count). The van der Waals surface area contributed by atoms with Crippen molar-refractivity contribution < 1.29 is 9.53 Å². The Kier molecular flexibility index (Phi) is 6.20. The number of aldehydes is 1. The van der Waals surface area contributed by atoms with Gasteiger partial charge < -0.3 is 14.4 Å². The standard InChI is InChI=1S/C17H20ClN3O2S/c18-14-3-4-17(19-10-14)21-7-5-20(6-8-21)15(11-22)12-23-13-16-2-1-9-24-16/h1-4,9-11,15H,5-8,12-13H2. The van der Waals surface area contributed by atoms with Crippen molar-refractivity contribution in [2.75, 3.05) is 37.7 Å². The van der Waals surface area contributed by atoms with Crippen LogP contribution in [0.4, 0.5) is 5.82 Å². The number of halogens is 1. The van der Waals surface area contributed by atoms with E-state index in [1.807, 2.05) is 29.6 Å². The van der Waals surface area contributed by atoms with Crippen LogP contribution < -0.4 is 4.90 Å². The van der Waals surface area contributed by atoms with Gasteiger partial charge in [-0.1, -0.05) is 17.7 Å². The van der Waals surface area contributed by atoms with E-state index in [1.165, 1.54) is 4.88 Å². The summed E-state index contributed by atoms with van der Waals surface area (Å²) in [7, 11) is 0. The average molecular weight is 366 g/mol. The summed E-state index contributed by atoms with van der Waals surface area (Å²) in [4.78, 5) is 21.3. The highest BCUT2D eigenvalue weighted by molar-refractivity contribution is 7.09. The average Bonchev–Trinajstić information content (AvgIpc) is 3.13. The number of piperazine rings is 1. The number of rotatable bonds is 7. The summed E-state index contributed by atoms with van der Waals surface area (Å²) < 4.78 is 5.71. The number of nitrogens with zero attached hydrogens (tertiary/aromatic N) is 3. The summed E-state index contributed by atoms with van der Waals surface area (Å²) in [6.07, 6.45) is 2.65. The minimum Gasteiger partial charge on any atom is -0.374 e. The first-order chi connectivity index (χ1) is 11.8. The van der Waals surface area contributed by atoms with Gasteiger partial charge in [-0.25, -0.2) is 4.98 Å². The van der Waals surface area contributed by atoms with E-state index in [0.29, 0.717) is 18.2 Å². The molecular formula is C17H20ClN3O2S. The number of ether oxygens (including phenoxy) is 1. The summed E-state index contributed by atoms with van der Waals surface area (Å²) >= 11 is 7.55. The van der Waals surface area contributed by atoms with Gasteiger partial charge in [0.15, 0.2) is 0 Å². The van der Waals surface area contributed by atoms with Crippen LogP contribution in [0, 0.1) is 0 Å². The van der Waals surface area contributed by atoms with Crippen LogP contribution in [0.15, 0.2) is 35.8 Å². The number of aromatic nitrogens is 1. The van der Waals surface area contributed by atoms with Crippen LogP contribution in [-0.2, 0) is 16.1 Å². The summed E-state index contributed by atoms with van der Waals surface area (Å²) in [6, 6.07) is 7.64. The lowest BCUT2D eigenvalue weighted by Gasteiger charge is -2.37. The van der Waals surface area contributed by atoms with Crippen LogP contribution >= 0.6 is 22.9 Å². The van der Waals surface area contributed by atoms with E-state index in [9.17, 15) is 4.79 Å². The Morgan fingerprint density at radius 2 is 2.12 bits per heavy atom. The molecule has 1 fully saturated rings. The molecule has 0 saturated carbocycles. The third kappa shape index (κ3) is 4.54. The molecule has 1 aliphatic rings. The van der Waals surface area contributed by atoms with E-state index in [2.05, 4.69) is 14.8 Å². The highest BCUT2D eigenvalue weighted by Crippen LogP contribution is 2.17. The van der Waals surface area contributed by atoms with Gasteiger partial charge in [0, 0.05) is 37.3 Å². The van der Waals surface area contributed by atoms with E-state index < -0.39 is 0 Å². The fourth-order valence-electron chi connectivity index (χ4n) is 2.74. The second-order valence-corrected chi connectivity index (χ2v) is 7.12. The van der Waals surface area contributed by atoms with Crippen molar-refractivity contribution in [3.8, 4) is 0 Å². The maximum absolute atomic E-state index is 11.4. The molecule has 0 aromatic carbocycles. The van der Waals surface area contributed by atoms with Crippen molar-refractivity contribution >= 4 is 35.0 Å². The van der Waals surface area contributed by atoms with Gasteiger partial charge in [0.25, 0.3) is 0 Å². The van der Waals surface area contributed by atoms with Gasteiger partial charge in [-0.2, -0.15) is 0 Å². The number of thiophene rings is 1. The van der Waals surface area contributed by atoms with Gasteiger partial charge in [-0.3, -0.25) is 4.90 Å². The quantitative estimate of drug-likeness (QED) is 0.706.